The number of halogens is 2. The quantitative estimate of drug-likeness (QED) is 0.567. The summed E-state index contributed by atoms with van der Waals surface area (Å²) in [5.74, 6) is -1.02. The van der Waals surface area contributed by atoms with Crippen LogP contribution in [-0.4, -0.2) is 0 Å². The van der Waals surface area contributed by atoms with Crippen molar-refractivity contribution in [2.45, 2.75) is 6.42 Å². The predicted octanol–water partition coefficient (Wildman–Crippen LogP) is 5.73. The molecular formula is C21H14F2. The third-order valence-electron chi connectivity index (χ3n) is 4.26. The molecular weight excluding hydrogens is 290 g/mol. The van der Waals surface area contributed by atoms with Gasteiger partial charge in [-0.1, -0.05) is 54.6 Å². The van der Waals surface area contributed by atoms with Crippen molar-refractivity contribution in [3.05, 3.63) is 95.1 Å². The molecule has 0 amide bonds. The van der Waals surface area contributed by atoms with Crippen molar-refractivity contribution in [1.29, 1.82) is 0 Å². The van der Waals surface area contributed by atoms with Crippen molar-refractivity contribution in [2.24, 2.45) is 0 Å². The first-order valence-electron chi connectivity index (χ1n) is 7.56. The van der Waals surface area contributed by atoms with Gasteiger partial charge in [0.1, 0.15) is 11.6 Å². The highest BCUT2D eigenvalue weighted by Crippen LogP contribution is 2.38. The molecule has 0 unspecified atom stereocenters. The summed E-state index contributed by atoms with van der Waals surface area (Å²) in [7, 11) is 0. The van der Waals surface area contributed by atoms with Crippen molar-refractivity contribution in [3.63, 3.8) is 0 Å². The smallest absolute Gasteiger partial charge is 0.133 e. The first-order chi connectivity index (χ1) is 11.2. The average molecular weight is 304 g/mol. The predicted molar refractivity (Wildman–Crippen MR) is 89.8 cm³/mol. The summed E-state index contributed by atoms with van der Waals surface area (Å²) < 4.78 is 28.1. The minimum atomic E-state index is -0.509. The first-order valence-corrected chi connectivity index (χ1v) is 7.56. The lowest BCUT2D eigenvalue weighted by Gasteiger charge is -2.07. The summed E-state index contributed by atoms with van der Waals surface area (Å²) in [6.07, 6.45) is 2.47. The van der Waals surface area contributed by atoms with Crippen LogP contribution in [0.3, 0.4) is 0 Å². The standard InChI is InChI=1S/C21H14F2/c22-19-10-5-11-20(23)21(19)16-12-15-8-4-9-17(18(15)13-16)14-6-2-1-3-7-14/h1-11,13H,12H2. The van der Waals surface area contributed by atoms with E-state index in [1.807, 2.05) is 54.6 Å². The van der Waals surface area contributed by atoms with Crippen LogP contribution in [0.4, 0.5) is 8.78 Å². The lowest BCUT2D eigenvalue weighted by Crippen LogP contribution is -1.94. The molecule has 0 atom stereocenters. The van der Waals surface area contributed by atoms with E-state index in [9.17, 15) is 8.78 Å². The Morgan fingerprint density at radius 2 is 1.39 bits per heavy atom. The van der Waals surface area contributed by atoms with Gasteiger partial charge in [-0.05, 0) is 52.5 Å². The van der Waals surface area contributed by atoms with Crippen molar-refractivity contribution in [3.8, 4) is 11.1 Å². The van der Waals surface area contributed by atoms with Gasteiger partial charge in [-0.15, -0.1) is 0 Å². The van der Waals surface area contributed by atoms with Gasteiger partial charge in [-0.25, -0.2) is 8.78 Å². The van der Waals surface area contributed by atoms with E-state index in [2.05, 4.69) is 0 Å². The van der Waals surface area contributed by atoms with Crippen LogP contribution in [0.15, 0.2) is 66.7 Å². The molecule has 0 radical (unpaired) electrons. The Morgan fingerprint density at radius 3 is 2.13 bits per heavy atom. The van der Waals surface area contributed by atoms with Gasteiger partial charge in [0.15, 0.2) is 0 Å². The van der Waals surface area contributed by atoms with E-state index >= 15 is 0 Å². The molecule has 0 fully saturated rings. The average Bonchev–Trinajstić information content (AvgIpc) is 2.99. The Bertz CT molecular complexity index is 888. The van der Waals surface area contributed by atoms with Crippen LogP contribution in [0.5, 0.6) is 0 Å². The number of fused-ring (bicyclic) bond motifs is 1. The van der Waals surface area contributed by atoms with Gasteiger partial charge >= 0.3 is 0 Å². The molecule has 4 rings (SSSR count). The molecule has 0 nitrogen and oxygen atoms in total. The second kappa shape index (κ2) is 5.47. The number of rotatable bonds is 2. The molecule has 1 aliphatic carbocycles. The zero-order valence-corrected chi connectivity index (χ0v) is 12.4. The summed E-state index contributed by atoms with van der Waals surface area (Å²) in [5, 5.41) is 0. The SMILES string of the molecule is Fc1cccc(F)c1C1=Cc2c(cccc2-c2ccccc2)C1. The second-order valence-electron chi connectivity index (χ2n) is 5.69. The summed E-state index contributed by atoms with van der Waals surface area (Å²) in [6, 6.07) is 20.1. The first kappa shape index (κ1) is 13.9. The number of hydrogen-bond acceptors (Lipinski definition) is 0. The minimum absolute atomic E-state index is 0.0858. The van der Waals surface area contributed by atoms with Crippen LogP contribution in [0.1, 0.15) is 16.7 Å². The molecule has 112 valence electrons. The van der Waals surface area contributed by atoms with Crippen molar-refractivity contribution in [1.82, 2.24) is 0 Å². The molecule has 0 saturated heterocycles. The minimum Gasteiger partial charge on any atom is -0.206 e. The zero-order valence-electron chi connectivity index (χ0n) is 12.4. The maximum atomic E-state index is 14.1. The van der Waals surface area contributed by atoms with E-state index in [1.54, 1.807) is 0 Å². The van der Waals surface area contributed by atoms with Gasteiger partial charge in [0.05, 0.1) is 0 Å². The second-order valence-corrected chi connectivity index (χ2v) is 5.69. The van der Waals surface area contributed by atoms with Gasteiger partial charge in [0.2, 0.25) is 0 Å². The Labute approximate surface area is 133 Å². The molecule has 0 aliphatic heterocycles. The fraction of sp³-hybridized carbons (Fsp3) is 0.0476. The van der Waals surface area contributed by atoms with E-state index in [4.69, 9.17) is 0 Å². The molecule has 2 heteroatoms. The summed E-state index contributed by atoms with van der Waals surface area (Å²) >= 11 is 0. The van der Waals surface area contributed by atoms with E-state index in [1.165, 1.54) is 18.2 Å². The Kier molecular flexibility index (Phi) is 3.30. The highest BCUT2D eigenvalue weighted by atomic mass is 19.1. The Hall–Kier alpha value is -2.74. The molecule has 0 spiro atoms. The van der Waals surface area contributed by atoms with E-state index < -0.39 is 11.6 Å². The lowest BCUT2D eigenvalue weighted by atomic mass is 9.97. The third-order valence-corrected chi connectivity index (χ3v) is 4.26. The highest BCUT2D eigenvalue weighted by molar-refractivity contribution is 5.94. The molecule has 0 heterocycles. The van der Waals surface area contributed by atoms with Gasteiger partial charge in [0.25, 0.3) is 0 Å². The third kappa shape index (κ3) is 2.36. The molecule has 0 aromatic heterocycles. The largest absolute Gasteiger partial charge is 0.206 e. The van der Waals surface area contributed by atoms with Crippen LogP contribution in [0, 0.1) is 11.6 Å². The number of allylic oxidation sites excluding steroid dienone is 1. The molecule has 0 saturated carbocycles. The Morgan fingerprint density at radius 1 is 0.696 bits per heavy atom. The molecule has 0 bridgehead atoms. The lowest BCUT2D eigenvalue weighted by molar-refractivity contribution is 0.576. The number of hydrogen-bond donors (Lipinski definition) is 0. The molecule has 1 aliphatic rings. The van der Waals surface area contributed by atoms with Gasteiger partial charge < -0.3 is 0 Å². The molecule has 3 aromatic rings. The van der Waals surface area contributed by atoms with Crippen LogP contribution in [-0.2, 0) is 6.42 Å². The number of benzene rings is 3. The molecule has 0 N–H and O–H groups in total. The van der Waals surface area contributed by atoms with Gasteiger partial charge in [0, 0.05) is 5.56 Å². The Balaban J connectivity index is 1.86. The summed E-state index contributed by atoms with van der Waals surface area (Å²) in [5.41, 5.74) is 5.13. The van der Waals surface area contributed by atoms with E-state index in [-0.39, 0.29) is 5.56 Å². The summed E-state index contributed by atoms with van der Waals surface area (Å²) in [6.45, 7) is 0. The zero-order chi connectivity index (χ0) is 15.8. The van der Waals surface area contributed by atoms with E-state index in [0.29, 0.717) is 12.0 Å². The fourth-order valence-electron chi connectivity index (χ4n) is 3.20. The van der Waals surface area contributed by atoms with Crippen molar-refractivity contribution in [2.75, 3.05) is 0 Å². The monoisotopic (exact) mass is 304 g/mol. The molecule has 23 heavy (non-hydrogen) atoms. The van der Waals surface area contributed by atoms with Crippen molar-refractivity contribution < 1.29 is 8.78 Å². The van der Waals surface area contributed by atoms with Crippen molar-refractivity contribution >= 4 is 11.6 Å². The summed E-state index contributed by atoms with van der Waals surface area (Å²) in [4.78, 5) is 0. The van der Waals surface area contributed by atoms with E-state index in [0.717, 1.165) is 22.3 Å². The normalized spacial score (nSPS) is 12.9. The fourth-order valence-corrected chi connectivity index (χ4v) is 3.20. The van der Waals surface area contributed by atoms with Crippen LogP contribution in [0.25, 0.3) is 22.8 Å². The van der Waals surface area contributed by atoms with Crippen LogP contribution < -0.4 is 0 Å². The van der Waals surface area contributed by atoms with Gasteiger partial charge in [-0.2, -0.15) is 0 Å². The maximum absolute atomic E-state index is 14.1. The highest BCUT2D eigenvalue weighted by Gasteiger charge is 2.21. The topological polar surface area (TPSA) is 0 Å². The van der Waals surface area contributed by atoms with Crippen LogP contribution >= 0.6 is 0 Å². The van der Waals surface area contributed by atoms with Gasteiger partial charge in [-0.3, -0.25) is 0 Å². The maximum Gasteiger partial charge on any atom is 0.133 e. The molecule has 3 aromatic carbocycles. The van der Waals surface area contributed by atoms with Crippen LogP contribution in [0.2, 0.25) is 0 Å².